The number of benzene rings is 1. The minimum atomic E-state index is -1.69. The Balaban J connectivity index is 1.04. The van der Waals surface area contributed by atoms with Crippen molar-refractivity contribution in [3.63, 3.8) is 0 Å². The van der Waals surface area contributed by atoms with Gasteiger partial charge in [-0.25, -0.2) is 19.9 Å². The molecule has 1 aliphatic rings. The number of nitrogens with one attached hydrogen (secondary N) is 13. The number of carbonyl (C=O) groups excluding carboxylic acids is 10. The zero-order chi connectivity index (χ0) is 80.4. The number of amides is 8. The number of imidazole rings is 2. The summed E-state index contributed by atoms with van der Waals surface area (Å²) < 4.78 is 18.0. The highest BCUT2D eigenvalue weighted by Crippen LogP contribution is 2.21. The zero-order valence-corrected chi connectivity index (χ0v) is 61.9. The lowest BCUT2D eigenvalue weighted by atomic mass is 9.92. The van der Waals surface area contributed by atoms with Crippen LogP contribution < -0.4 is 70.2 Å². The van der Waals surface area contributed by atoms with E-state index in [-0.39, 0.29) is 125 Å². The molecular weight excluding hydrogens is 1450 g/mol. The summed E-state index contributed by atoms with van der Waals surface area (Å²) in [7, 11) is 1.81. The van der Waals surface area contributed by atoms with Gasteiger partial charge in [0.15, 0.2) is 22.7 Å². The maximum atomic E-state index is 14.8. The number of hydrogen-bond acceptors (Lipinski definition) is 28. The summed E-state index contributed by atoms with van der Waals surface area (Å²) in [5, 5.41) is 68.2. The number of H-pyrrole nitrogens is 3. The summed E-state index contributed by atoms with van der Waals surface area (Å²) in [6.45, 7) is 7.05. The normalized spacial score (nSPS) is 19.5. The van der Waals surface area contributed by atoms with Gasteiger partial charge in [-0.3, -0.25) is 67.2 Å². The van der Waals surface area contributed by atoms with Crippen molar-refractivity contribution < 1.29 is 82.3 Å². The molecule has 2 bridgehead atoms. The summed E-state index contributed by atoms with van der Waals surface area (Å²) >= 11 is 0. The molecule has 5 aromatic heterocycles. The number of aliphatic hydroxyl groups excluding tert-OH is 2. The molecule has 602 valence electrons. The number of Topliss-reactive ketones (excluding diaryl/α,β-unsaturated/α-hetero) is 2. The number of rotatable bonds is 36. The Kier molecular flexibility index (Phi) is 35.0. The maximum absolute atomic E-state index is 14.8. The number of unbranched alkanes of at least 4 members (excludes halogenated alkanes) is 1. The SMILES string of the molecule is C=C1N[C@H](C)C(=O)N[C@H](C(=O)NCCOCCOCCOCC(=O)N[C@H](CCCCNC)C(N)=O)CCCCn2cc(nn2)C[C@H](NC(=O)CC[C@H](CC(=O)c2ccc(NCc3cnc4nc(N)[nH]c(=O)c4n3)cc2)C(=O)O)C(=O)N[C@H](Cc2cnc[nH]2)C(=O)N[C@H](CO)C(=O)C[C@H](Cc2cnc[nH]2)C(=O)N[C@@H]1[C@H](C)O. The number of aromatic nitrogens is 11. The number of hydrogen-bond donors (Lipinski definition) is 18. The summed E-state index contributed by atoms with van der Waals surface area (Å²) in [5.41, 5.74) is 12.4. The molecule has 1 aromatic carbocycles. The molecule has 0 saturated carbocycles. The Bertz CT molecular complexity index is 4140. The molecule has 1 aliphatic heterocycles. The van der Waals surface area contributed by atoms with Crippen LogP contribution in [0.2, 0.25) is 0 Å². The number of nitrogens with zero attached hydrogens (tertiary/aromatic N) is 8. The summed E-state index contributed by atoms with van der Waals surface area (Å²) in [6, 6.07) is -3.14. The van der Waals surface area contributed by atoms with E-state index in [0.717, 1.165) is 13.0 Å². The van der Waals surface area contributed by atoms with Crippen molar-refractivity contribution in [3.8, 4) is 0 Å². The van der Waals surface area contributed by atoms with E-state index in [9.17, 15) is 72.9 Å². The number of fused-ring (bicyclic) bond motifs is 3. The first-order valence-electron chi connectivity index (χ1n) is 36.2. The number of carbonyl (C=O) groups is 11. The van der Waals surface area contributed by atoms with Gasteiger partial charge in [-0.2, -0.15) is 4.98 Å². The van der Waals surface area contributed by atoms with Crippen molar-refractivity contribution in [2.75, 3.05) is 77.4 Å². The van der Waals surface area contributed by atoms with Crippen molar-refractivity contribution in [2.45, 2.75) is 159 Å². The third kappa shape index (κ3) is 29.1. The van der Waals surface area contributed by atoms with E-state index >= 15 is 0 Å². The van der Waals surface area contributed by atoms with E-state index in [1.807, 2.05) is 7.05 Å². The van der Waals surface area contributed by atoms with Crippen LogP contribution >= 0.6 is 0 Å². The van der Waals surface area contributed by atoms with Gasteiger partial charge < -0.3 is 104 Å². The molecule has 0 spiro atoms. The quantitative estimate of drug-likeness (QED) is 0.0133. The molecule has 8 amide bonds. The molecule has 0 saturated heterocycles. The topological polar surface area (TPSA) is 608 Å². The predicted octanol–water partition coefficient (Wildman–Crippen LogP) is -3.70. The van der Waals surface area contributed by atoms with Crippen LogP contribution in [0.3, 0.4) is 0 Å². The number of carboxylic acid groups (broad SMARTS) is 1. The highest BCUT2D eigenvalue weighted by atomic mass is 16.5. The highest BCUT2D eigenvalue weighted by molar-refractivity contribution is 5.99. The molecule has 111 heavy (non-hydrogen) atoms. The zero-order valence-electron chi connectivity index (χ0n) is 61.9. The molecule has 0 radical (unpaired) electrons. The number of aromatic amines is 3. The molecular formula is C70H99N23O18. The predicted molar refractivity (Wildman–Crippen MR) is 395 cm³/mol. The Morgan fingerprint density at radius 2 is 1.49 bits per heavy atom. The van der Waals surface area contributed by atoms with Crippen LogP contribution in [0.15, 0.2) is 78.8 Å². The Morgan fingerprint density at radius 1 is 0.784 bits per heavy atom. The molecule has 41 nitrogen and oxygen atoms in total. The number of aliphatic hydroxyl groups is 2. The number of primary amides is 1. The average molecular weight is 1550 g/mol. The van der Waals surface area contributed by atoms with E-state index in [1.165, 1.54) is 68.1 Å². The Morgan fingerprint density at radius 3 is 2.16 bits per heavy atom. The largest absolute Gasteiger partial charge is 0.481 e. The van der Waals surface area contributed by atoms with Gasteiger partial charge in [0.1, 0.15) is 42.9 Å². The van der Waals surface area contributed by atoms with Crippen molar-refractivity contribution >= 4 is 87.6 Å². The second-order valence-corrected chi connectivity index (χ2v) is 26.5. The molecule has 6 heterocycles. The first-order chi connectivity index (χ1) is 53.3. The molecule has 7 rings (SSSR count). The minimum absolute atomic E-state index is 0.00763. The van der Waals surface area contributed by atoms with Gasteiger partial charge in [0.05, 0.1) is 100 Å². The lowest BCUT2D eigenvalue weighted by Gasteiger charge is -2.29. The van der Waals surface area contributed by atoms with Crippen molar-refractivity contribution in [2.24, 2.45) is 17.6 Å². The number of aryl methyl sites for hydroxylation is 1. The molecule has 0 fully saturated rings. The second kappa shape index (κ2) is 44.8. The van der Waals surface area contributed by atoms with Crippen LogP contribution in [-0.4, -0.2) is 250 Å². The maximum Gasteiger partial charge on any atom is 0.306 e. The van der Waals surface area contributed by atoms with Crippen molar-refractivity contribution in [1.29, 1.82) is 0 Å². The van der Waals surface area contributed by atoms with E-state index in [0.29, 0.717) is 48.5 Å². The number of ketones is 2. The fraction of sp³-hybridized carbons (Fsp3) is 0.529. The number of aliphatic carboxylic acids is 1. The number of carboxylic acids is 1. The fourth-order valence-corrected chi connectivity index (χ4v) is 11.6. The van der Waals surface area contributed by atoms with Gasteiger partial charge in [0.2, 0.25) is 53.2 Å². The third-order valence-corrected chi connectivity index (χ3v) is 17.7. The van der Waals surface area contributed by atoms with E-state index in [1.54, 1.807) is 12.1 Å². The number of anilines is 2. The summed E-state index contributed by atoms with van der Waals surface area (Å²) in [4.78, 5) is 192. The lowest BCUT2D eigenvalue weighted by molar-refractivity contribution is -0.142. The monoisotopic (exact) mass is 1550 g/mol. The van der Waals surface area contributed by atoms with Crippen LogP contribution in [0.5, 0.6) is 0 Å². The first kappa shape index (κ1) is 86.7. The van der Waals surface area contributed by atoms with Crippen LogP contribution in [0.4, 0.5) is 11.6 Å². The van der Waals surface area contributed by atoms with Crippen LogP contribution in [0.1, 0.15) is 111 Å². The van der Waals surface area contributed by atoms with E-state index in [2.05, 4.69) is 110 Å². The fourth-order valence-electron chi connectivity index (χ4n) is 11.6. The molecule has 6 aromatic rings. The number of nitrogens with two attached hydrogens (primary N) is 2. The van der Waals surface area contributed by atoms with Crippen LogP contribution in [0.25, 0.3) is 11.2 Å². The second-order valence-electron chi connectivity index (χ2n) is 26.5. The average Bonchev–Trinajstić information content (AvgIpc) is 1.56. The molecule has 20 N–H and O–H groups in total. The summed E-state index contributed by atoms with van der Waals surface area (Å²) in [5.74, 6) is -11.6. The van der Waals surface area contributed by atoms with Gasteiger partial charge in [-0.05, 0) is 96.7 Å². The number of nitrogen functional groups attached to an aromatic ring is 1. The minimum Gasteiger partial charge on any atom is -0.481 e. The highest BCUT2D eigenvalue weighted by Gasteiger charge is 2.36. The Labute approximate surface area is 636 Å². The van der Waals surface area contributed by atoms with Crippen molar-refractivity contribution in [1.82, 2.24) is 103 Å². The van der Waals surface area contributed by atoms with Gasteiger partial charge in [-0.15, -0.1) is 5.10 Å². The standard InChI is InChI=1S/C70H99N23O18/c1-39-59(41(3)95)88-64(102)44(25-46-30-74-37-79-46)27-56(97)54(35-94)87-67(105)53(28-47-31-75-38-80-47)86-66(104)52(84-57(98)16-13-43(69(107)108)26-55(96)42-11-14-45(15-12-42)77-32-49-33-78-62-60(82-49)68(106)90-70(72)89-62)29-48-34-93(92-91-48)19-8-6-10-51(85-63(101)40(2)81-39)65(103)76-18-20-109-21-22-110-23-24-111-36-58(99)83-50(61(71)100)9-5-7-17-73-4/h11-12,14-15,30-31,33-34,37-38,40-41,43-44,50-54,59,73,77,81,94-95H,1,5-10,13,16-29,32,35-36H2,2-4H3,(H2,71,100)(H,74,79)(H,75,80)(H,76,103)(H,83,99)(H,84,98)(H,85,101)(H,86,104)(H,87,105)(H,88,102)(H,107,108)(H3,72,78,89,90,106)/t40-,41+,43-,44+,50-,51+,52+,53-,54-,59+/m1/s1. The van der Waals surface area contributed by atoms with Gasteiger partial charge in [0, 0.05) is 98.5 Å². The van der Waals surface area contributed by atoms with Gasteiger partial charge in [0.25, 0.3) is 5.56 Å². The first-order valence-corrected chi connectivity index (χ1v) is 36.2. The van der Waals surface area contributed by atoms with Crippen molar-refractivity contribution in [3.05, 3.63) is 113 Å². The molecule has 0 aliphatic carbocycles. The third-order valence-electron chi connectivity index (χ3n) is 17.7. The smallest absolute Gasteiger partial charge is 0.306 e. The van der Waals surface area contributed by atoms with Gasteiger partial charge >= 0.3 is 5.97 Å². The van der Waals surface area contributed by atoms with E-state index in [4.69, 9.17) is 25.7 Å². The lowest BCUT2D eigenvalue weighted by Crippen LogP contribution is -2.57. The number of ether oxygens (including phenoxy) is 3. The van der Waals surface area contributed by atoms with Crippen LogP contribution in [0, 0.1) is 11.8 Å². The Hall–Kier alpha value is -11.5. The van der Waals surface area contributed by atoms with Crippen LogP contribution in [-0.2, 0) is 94.5 Å². The van der Waals surface area contributed by atoms with Gasteiger partial charge in [-0.1, -0.05) is 11.8 Å². The molecule has 41 heteroatoms. The van der Waals surface area contributed by atoms with E-state index < -0.39 is 156 Å². The molecule has 10 atom stereocenters. The summed E-state index contributed by atoms with van der Waals surface area (Å²) in [6.07, 6.45) is 6.67. The molecule has 0 unspecified atom stereocenters.